The van der Waals surface area contributed by atoms with Crippen molar-refractivity contribution in [2.45, 2.75) is 26.3 Å². The summed E-state index contributed by atoms with van der Waals surface area (Å²) in [6.45, 7) is 4.09. The van der Waals surface area contributed by atoms with Crippen LogP contribution in [0.3, 0.4) is 0 Å². The highest BCUT2D eigenvalue weighted by molar-refractivity contribution is 9.10. The molecule has 0 spiro atoms. The number of hydrogen-bond donors (Lipinski definition) is 1. The third-order valence-electron chi connectivity index (χ3n) is 3.24. The van der Waals surface area contributed by atoms with Crippen LogP contribution < -0.4 is 5.32 Å². The summed E-state index contributed by atoms with van der Waals surface area (Å²) in [5, 5.41) is 3.40. The molecule has 1 aromatic carbocycles. The Morgan fingerprint density at radius 1 is 1.16 bits per heavy atom. The van der Waals surface area contributed by atoms with Crippen molar-refractivity contribution in [3.05, 3.63) is 63.4 Å². The average molecular weight is 319 g/mol. The molecule has 0 aliphatic carbocycles. The second kappa shape index (κ2) is 6.31. The summed E-state index contributed by atoms with van der Waals surface area (Å²) in [5.41, 5.74) is 4.75. The summed E-state index contributed by atoms with van der Waals surface area (Å²) >= 11 is 3.62. The van der Waals surface area contributed by atoms with Crippen LogP contribution in [0.4, 0.5) is 0 Å². The molecule has 2 nitrogen and oxygen atoms in total. The van der Waals surface area contributed by atoms with Crippen LogP contribution >= 0.6 is 15.9 Å². The number of nitrogens with zero attached hydrogens (tertiary/aromatic N) is 1. The van der Waals surface area contributed by atoms with E-state index in [1.807, 2.05) is 27.0 Å². The molecular formula is C16H19BrN2. The third kappa shape index (κ3) is 3.64. The maximum absolute atomic E-state index is 4.44. The van der Waals surface area contributed by atoms with Gasteiger partial charge in [-0.25, -0.2) is 0 Å². The Morgan fingerprint density at radius 3 is 2.37 bits per heavy atom. The minimum atomic E-state index is 0.305. The van der Waals surface area contributed by atoms with E-state index in [0.29, 0.717) is 6.04 Å². The van der Waals surface area contributed by atoms with Gasteiger partial charge in [-0.15, -0.1) is 0 Å². The molecule has 100 valence electrons. The Labute approximate surface area is 123 Å². The van der Waals surface area contributed by atoms with E-state index in [-0.39, 0.29) is 0 Å². The monoisotopic (exact) mass is 318 g/mol. The van der Waals surface area contributed by atoms with Gasteiger partial charge in [0.25, 0.3) is 0 Å². The largest absolute Gasteiger partial charge is 0.313 e. The zero-order valence-electron chi connectivity index (χ0n) is 11.6. The fraction of sp³-hybridized carbons (Fsp3) is 0.312. The van der Waals surface area contributed by atoms with Crippen molar-refractivity contribution in [1.29, 1.82) is 0 Å². The van der Waals surface area contributed by atoms with Crippen molar-refractivity contribution >= 4 is 15.9 Å². The number of rotatable bonds is 4. The molecule has 0 radical (unpaired) electrons. The molecule has 1 heterocycles. The normalized spacial score (nSPS) is 12.4. The lowest BCUT2D eigenvalue weighted by molar-refractivity contribution is 0.589. The standard InChI is InChI=1S/C16H19BrN2/c1-11-8-14(9-12(2)19-11)16(18-3)10-13-6-4-5-7-15(13)17/h4-9,16,18H,10H2,1-3H3. The van der Waals surface area contributed by atoms with Gasteiger partial charge in [-0.05, 0) is 56.6 Å². The summed E-state index contributed by atoms with van der Waals surface area (Å²) in [5.74, 6) is 0. The number of aromatic nitrogens is 1. The molecule has 2 rings (SSSR count). The predicted molar refractivity (Wildman–Crippen MR) is 83.4 cm³/mol. The van der Waals surface area contributed by atoms with E-state index < -0.39 is 0 Å². The first-order valence-corrected chi connectivity index (χ1v) is 7.25. The number of likely N-dealkylation sites (N-methyl/N-ethyl adjacent to an activating group) is 1. The van der Waals surface area contributed by atoms with Crippen LogP contribution in [0.15, 0.2) is 40.9 Å². The van der Waals surface area contributed by atoms with Crippen molar-refractivity contribution in [2.75, 3.05) is 7.05 Å². The molecular weight excluding hydrogens is 300 g/mol. The predicted octanol–water partition coefficient (Wildman–Crippen LogP) is 3.96. The second-order valence-electron chi connectivity index (χ2n) is 4.82. The quantitative estimate of drug-likeness (QED) is 0.922. The summed E-state index contributed by atoms with van der Waals surface area (Å²) in [7, 11) is 2.01. The molecule has 0 fully saturated rings. The molecule has 2 aromatic rings. The smallest absolute Gasteiger partial charge is 0.0379 e. The summed E-state index contributed by atoms with van der Waals surface area (Å²) in [4.78, 5) is 4.44. The van der Waals surface area contributed by atoms with Gasteiger partial charge in [0.05, 0.1) is 0 Å². The maximum Gasteiger partial charge on any atom is 0.0379 e. The van der Waals surface area contributed by atoms with Crippen molar-refractivity contribution in [3.8, 4) is 0 Å². The van der Waals surface area contributed by atoms with E-state index in [0.717, 1.165) is 22.3 Å². The van der Waals surface area contributed by atoms with Crippen molar-refractivity contribution in [3.63, 3.8) is 0 Å². The number of benzene rings is 1. The first-order chi connectivity index (χ1) is 9.10. The van der Waals surface area contributed by atoms with Crippen LogP contribution in [-0.2, 0) is 6.42 Å². The molecule has 19 heavy (non-hydrogen) atoms. The summed E-state index contributed by atoms with van der Waals surface area (Å²) < 4.78 is 1.16. The van der Waals surface area contributed by atoms with Crippen molar-refractivity contribution < 1.29 is 0 Å². The lowest BCUT2D eigenvalue weighted by Gasteiger charge is -2.18. The Hall–Kier alpha value is -1.19. The van der Waals surface area contributed by atoms with E-state index in [1.165, 1.54) is 11.1 Å². The Balaban J connectivity index is 2.28. The van der Waals surface area contributed by atoms with Gasteiger partial charge >= 0.3 is 0 Å². The molecule has 3 heteroatoms. The minimum absolute atomic E-state index is 0.305. The Bertz CT molecular complexity index is 546. The van der Waals surface area contributed by atoms with Crippen LogP contribution in [-0.4, -0.2) is 12.0 Å². The van der Waals surface area contributed by atoms with Gasteiger partial charge in [-0.1, -0.05) is 34.1 Å². The minimum Gasteiger partial charge on any atom is -0.313 e. The zero-order chi connectivity index (χ0) is 13.8. The number of halogens is 1. The van der Waals surface area contributed by atoms with Crippen molar-refractivity contribution in [2.24, 2.45) is 0 Å². The van der Waals surface area contributed by atoms with Gasteiger partial charge in [0.1, 0.15) is 0 Å². The average Bonchev–Trinajstić information content (AvgIpc) is 2.36. The van der Waals surface area contributed by atoms with Gasteiger partial charge in [0.15, 0.2) is 0 Å². The number of nitrogens with one attached hydrogen (secondary N) is 1. The van der Waals surface area contributed by atoms with Gasteiger partial charge in [-0.2, -0.15) is 0 Å². The molecule has 0 bridgehead atoms. The Morgan fingerprint density at radius 2 is 1.79 bits per heavy atom. The van der Waals surface area contributed by atoms with E-state index in [4.69, 9.17) is 0 Å². The third-order valence-corrected chi connectivity index (χ3v) is 4.01. The highest BCUT2D eigenvalue weighted by Crippen LogP contribution is 2.24. The molecule has 1 atom stereocenters. The van der Waals surface area contributed by atoms with Crippen LogP contribution in [0.1, 0.15) is 28.6 Å². The molecule has 0 saturated heterocycles. The van der Waals surface area contributed by atoms with Crippen LogP contribution in [0.5, 0.6) is 0 Å². The van der Waals surface area contributed by atoms with Crippen LogP contribution in [0.2, 0.25) is 0 Å². The van der Waals surface area contributed by atoms with Crippen LogP contribution in [0.25, 0.3) is 0 Å². The molecule has 1 N–H and O–H groups in total. The topological polar surface area (TPSA) is 24.9 Å². The highest BCUT2D eigenvalue weighted by Gasteiger charge is 2.12. The van der Waals surface area contributed by atoms with E-state index >= 15 is 0 Å². The van der Waals surface area contributed by atoms with E-state index in [9.17, 15) is 0 Å². The maximum atomic E-state index is 4.44. The molecule has 1 aromatic heterocycles. The molecule has 0 aliphatic rings. The fourth-order valence-electron chi connectivity index (χ4n) is 2.34. The SMILES string of the molecule is CNC(Cc1ccccc1Br)c1cc(C)nc(C)c1. The molecule has 0 amide bonds. The summed E-state index contributed by atoms with van der Waals surface area (Å²) in [6.07, 6.45) is 0.959. The van der Waals surface area contributed by atoms with Gasteiger partial charge in [-0.3, -0.25) is 4.98 Å². The number of aryl methyl sites for hydroxylation is 2. The number of hydrogen-bond acceptors (Lipinski definition) is 2. The molecule has 1 unspecified atom stereocenters. The Kier molecular flexibility index (Phi) is 4.72. The fourth-order valence-corrected chi connectivity index (χ4v) is 2.79. The lowest BCUT2D eigenvalue weighted by atomic mass is 9.98. The lowest BCUT2D eigenvalue weighted by Crippen LogP contribution is -2.19. The summed E-state index contributed by atoms with van der Waals surface area (Å²) in [6, 6.07) is 13.0. The first-order valence-electron chi connectivity index (χ1n) is 6.46. The van der Waals surface area contributed by atoms with Gasteiger partial charge in [0.2, 0.25) is 0 Å². The second-order valence-corrected chi connectivity index (χ2v) is 5.67. The zero-order valence-corrected chi connectivity index (χ0v) is 13.2. The van der Waals surface area contributed by atoms with Crippen LogP contribution in [0, 0.1) is 13.8 Å². The van der Waals surface area contributed by atoms with Gasteiger partial charge in [0, 0.05) is 21.9 Å². The van der Waals surface area contributed by atoms with E-state index in [2.05, 4.69) is 56.6 Å². The first kappa shape index (κ1) is 14.2. The highest BCUT2D eigenvalue weighted by atomic mass is 79.9. The molecule has 0 aliphatic heterocycles. The van der Waals surface area contributed by atoms with Crippen molar-refractivity contribution in [1.82, 2.24) is 10.3 Å². The number of pyridine rings is 1. The van der Waals surface area contributed by atoms with Gasteiger partial charge < -0.3 is 5.32 Å². The van der Waals surface area contributed by atoms with E-state index in [1.54, 1.807) is 0 Å². The molecule has 0 saturated carbocycles.